The summed E-state index contributed by atoms with van der Waals surface area (Å²) in [7, 11) is 0. The number of nitrogens with one attached hydrogen (secondary N) is 2. The molecule has 2 amide bonds. The van der Waals surface area contributed by atoms with E-state index in [1.807, 2.05) is 0 Å². The van der Waals surface area contributed by atoms with Crippen LogP contribution in [0.25, 0.3) is 0 Å². The van der Waals surface area contributed by atoms with Crippen molar-refractivity contribution in [2.24, 2.45) is 17.4 Å². The molecule has 0 aliphatic rings. The van der Waals surface area contributed by atoms with E-state index in [0.29, 0.717) is 25.8 Å². The number of nitrogens with two attached hydrogens (primary N) is 2. The van der Waals surface area contributed by atoms with Gasteiger partial charge in [0.2, 0.25) is 11.8 Å². The second-order valence-electron chi connectivity index (χ2n) is 6.56. The first-order valence-electron chi connectivity index (χ1n) is 9.23. The highest BCUT2D eigenvalue weighted by Gasteiger charge is 2.25. The molecule has 0 aromatic rings. The van der Waals surface area contributed by atoms with Gasteiger partial charge in [-0.1, -0.05) is 6.42 Å². The van der Waals surface area contributed by atoms with Crippen LogP contribution in [0.4, 0.5) is 0 Å². The van der Waals surface area contributed by atoms with Gasteiger partial charge in [-0.25, -0.2) is 4.79 Å². The van der Waals surface area contributed by atoms with Crippen LogP contribution in [0.2, 0.25) is 0 Å². The van der Waals surface area contributed by atoms with Gasteiger partial charge in [-0.15, -0.1) is 0 Å². The van der Waals surface area contributed by atoms with Gasteiger partial charge in [0.15, 0.2) is 0 Å². The third-order valence-corrected chi connectivity index (χ3v) is 4.55. The summed E-state index contributed by atoms with van der Waals surface area (Å²) >= 11 is 3.98. The van der Waals surface area contributed by atoms with Crippen LogP contribution in [0.15, 0.2) is 0 Å². The zero-order chi connectivity index (χ0) is 22.4. The SMILES string of the molecule is NCCCC[C@H](N)C(=O)N[C@@H](CCC(=O)C[C@@H](CS)C(=O)NCC(=O)O)C(=O)O. The molecule has 29 heavy (non-hydrogen) atoms. The first-order valence-corrected chi connectivity index (χ1v) is 9.86. The molecule has 0 heterocycles. The van der Waals surface area contributed by atoms with Crippen molar-refractivity contribution < 1.29 is 34.2 Å². The van der Waals surface area contributed by atoms with E-state index in [1.54, 1.807) is 0 Å². The van der Waals surface area contributed by atoms with Crippen LogP contribution in [0.5, 0.6) is 0 Å². The number of rotatable bonds is 16. The van der Waals surface area contributed by atoms with Crippen molar-refractivity contribution in [1.82, 2.24) is 10.6 Å². The number of hydrogen-bond donors (Lipinski definition) is 7. The third-order valence-electron chi connectivity index (χ3n) is 4.11. The van der Waals surface area contributed by atoms with E-state index in [9.17, 15) is 29.1 Å². The molecule has 8 N–H and O–H groups in total. The molecule has 0 bridgehead atoms. The Morgan fingerprint density at radius 1 is 1.00 bits per heavy atom. The molecule has 0 saturated carbocycles. The number of Topliss-reactive ketones (excluding diaryl/α,β-unsaturated/α-hetero) is 1. The van der Waals surface area contributed by atoms with Crippen molar-refractivity contribution >= 4 is 42.2 Å². The van der Waals surface area contributed by atoms with Crippen LogP contribution in [0.3, 0.4) is 0 Å². The maximum Gasteiger partial charge on any atom is 0.326 e. The summed E-state index contributed by atoms with van der Waals surface area (Å²) in [6.45, 7) is -0.105. The quantitative estimate of drug-likeness (QED) is 0.111. The normalized spacial score (nSPS) is 13.8. The number of amides is 2. The Hall–Kier alpha value is -2.18. The highest BCUT2D eigenvalue weighted by atomic mass is 32.1. The van der Waals surface area contributed by atoms with Crippen molar-refractivity contribution in [3.8, 4) is 0 Å². The molecule has 12 heteroatoms. The molecule has 0 radical (unpaired) electrons. The number of aliphatic carboxylic acids is 2. The van der Waals surface area contributed by atoms with Crippen LogP contribution in [0, 0.1) is 5.92 Å². The first-order chi connectivity index (χ1) is 13.6. The molecule has 166 valence electrons. The number of carbonyl (C=O) groups excluding carboxylic acids is 3. The number of carboxylic acids is 2. The molecule has 0 aromatic carbocycles. The number of carboxylic acid groups (broad SMARTS) is 2. The van der Waals surface area contributed by atoms with Crippen molar-refractivity contribution in [1.29, 1.82) is 0 Å². The van der Waals surface area contributed by atoms with Gasteiger partial charge in [0, 0.05) is 18.6 Å². The summed E-state index contributed by atoms with van der Waals surface area (Å²) in [5.41, 5.74) is 11.1. The predicted molar refractivity (Wildman–Crippen MR) is 107 cm³/mol. The lowest BCUT2D eigenvalue weighted by atomic mass is 9.99. The molecule has 0 saturated heterocycles. The number of ketones is 1. The van der Waals surface area contributed by atoms with E-state index >= 15 is 0 Å². The fourth-order valence-corrected chi connectivity index (χ4v) is 2.70. The molecule has 0 aliphatic heterocycles. The number of carbonyl (C=O) groups is 5. The largest absolute Gasteiger partial charge is 0.480 e. The first kappa shape index (κ1) is 26.8. The summed E-state index contributed by atoms with van der Waals surface area (Å²) in [4.78, 5) is 57.8. The molecule has 11 nitrogen and oxygen atoms in total. The van der Waals surface area contributed by atoms with E-state index in [4.69, 9.17) is 16.6 Å². The zero-order valence-corrected chi connectivity index (χ0v) is 17.0. The predicted octanol–water partition coefficient (Wildman–Crippen LogP) is -1.50. The number of thiol groups is 1. The molecule has 0 rings (SSSR count). The molecule has 0 aromatic heterocycles. The van der Waals surface area contributed by atoms with Crippen LogP contribution >= 0.6 is 12.6 Å². The lowest BCUT2D eigenvalue weighted by Crippen LogP contribution is -2.48. The molecule has 3 atom stereocenters. The average Bonchev–Trinajstić information content (AvgIpc) is 2.66. The molecule has 0 fully saturated rings. The Bertz CT molecular complexity index is 588. The van der Waals surface area contributed by atoms with E-state index in [0.717, 1.165) is 0 Å². The average molecular weight is 435 g/mol. The Labute approximate surface area is 174 Å². The minimum absolute atomic E-state index is 0.0218. The van der Waals surface area contributed by atoms with Gasteiger partial charge in [-0.05, 0) is 25.8 Å². The van der Waals surface area contributed by atoms with Crippen molar-refractivity contribution in [2.45, 2.75) is 50.6 Å². The molecular formula is C17H30N4O7S. The Morgan fingerprint density at radius 2 is 1.66 bits per heavy atom. The Balaban J connectivity index is 4.57. The lowest BCUT2D eigenvalue weighted by molar-refractivity contribution is -0.142. The minimum Gasteiger partial charge on any atom is -0.480 e. The standard InChI is InChI=1S/C17H30N4O7S/c18-6-2-1-3-12(19)16(26)21-13(17(27)28)5-4-11(22)7-10(9-29)15(25)20-8-14(23)24/h10,12-13,29H,1-9,18-19H2,(H,20,25)(H,21,26)(H,23,24)(H,27,28)/t10-,12-,13-/m0/s1. The van der Waals surface area contributed by atoms with Gasteiger partial charge in [-0.3, -0.25) is 19.2 Å². The van der Waals surface area contributed by atoms with Crippen molar-refractivity contribution in [2.75, 3.05) is 18.8 Å². The summed E-state index contributed by atoms with van der Waals surface area (Å²) in [5, 5.41) is 22.3. The van der Waals surface area contributed by atoms with Gasteiger partial charge >= 0.3 is 11.9 Å². The minimum atomic E-state index is -1.30. The summed E-state index contributed by atoms with van der Waals surface area (Å²) in [6.07, 6.45) is 1.14. The molecule has 0 spiro atoms. The van der Waals surface area contributed by atoms with Gasteiger partial charge in [0.1, 0.15) is 18.4 Å². The van der Waals surface area contributed by atoms with Crippen LogP contribution < -0.4 is 22.1 Å². The summed E-state index contributed by atoms with van der Waals surface area (Å²) in [6, 6.07) is -2.16. The molecule has 0 aliphatic carbocycles. The van der Waals surface area contributed by atoms with Crippen LogP contribution in [-0.4, -0.2) is 70.7 Å². The van der Waals surface area contributed by atoms with Crippen LogP contribution in [-0.2, 0) is 24.0 Å². The maximum atomic E-state index is 12.1. The van der Waals surface area contributed by atoms with Crippen molar-refractivity contribution in [3.63, 3.8) is 0 Å². The fraction of sp³-hybridized carbons (Fsp3) is 0.706. The van der Waals surface area contributed by atoms with E-state index in [-0.39, 0.29) is 25.0 Å². The number of hydrogen-bond acceptors (Lipinski definition) is 8. The van der Waals surface area contributed by atoms with E-state index < -0.39 is 54.1 Å². The van der Waals surface area contributed by atoms with Crippen LogP contribution in [0.1, 0.15) is 38.5 Å². The van der Waals surface area contributed by atoms with Gasteiger partial charge in [-0.2, -0.15) is 12.6 Å². The van der Waals surface area contributed by atoms with E-state index in [2.05, 4.69) is 23.3 Å². The number of unbranched alkanes of at least 4 members (excludes halogenated alkanes) is 1. The van der Waals surface area contributed by atoms with Crippen molar-refractivity contribution in [3.05, 3.63) is 0 Å². The topological polar surface area (TPSA) is 202 Å². The monoisotopic (exact) mass is 434 g/mol. The summed E-state index contributed by atoms with van der Waals surface area (Å²) < 4.78 is 0. The maximum absolute atomic E-state index is 12.1. The highest BCUT2D eigenvalue weighted by molar-refractivity contribution is 7.80. The van der Waals surface area contributed by atoms with Gasteiger partial charge < -0.3 is 32.3 Å². The second-order valence-corrected chi connectivity index (χ2v) is 6.93. The second kappa shape index (κ2) is 14.8. The molecule has 0 unspecified atom stereocenters. The Kier molecular flexibility index (Phi) is 13.7. The highest BCUT2D eigenvalue weighted by Crippen LogP contribution is 2.11. The Morgan fingerprint density at radius 3 is 2.17 bits per heavy atom. The van der Waals surface area contributed by atoms with Gasteiger partial charge in [0.05, 0.1) is 12.0 Å². The zero-order valence-electron chi connectivity index (χ0n) is 16.1. The fourth-order valence-electron chi connectivity index (χ4n) is 2.41. The third kappa shape index (κ3) is 12.1. The van der Waals surface area contributed by atoms with Gasteiger partial charge in [0.25, 0.3) is 0 Å². The smallest absolute Gasteiger partial charge is 0.326 e. The lowest BCUT2D eigenvalue weighted by Gasteiger charge is -2.18. The van der Waals surface area contributed by atoms with E-state index in [1.165, 1.54) is 0 Å². The summed E-state index contributed by atoms with van der Waals surface area (Å²) in [5.74, 6) is -4.98. The molecular weight excluding hydrogens is 404 g/mol.